The van der Waals surface area contributed by atoms with E-state index in [1.54, 1.807) is 24.3 Å². The van der Waals surface area contributed by atoms with E-state index in [1.807, 2.05) is 6.07 Å². The average molecular weight is 372 g/mol. The first kappa shape index (κ1) is 17.4. The van der Waals surface area contributed by atoms with Crippen LogP contribution in [-0.4, -0.2) is 56.5 Å². The molecule has 0 amide bonds. The van der Waals surface area contributed by atoms with Gasteiger partial charge in [-0.3, -0.25) is 0 Å². The molecular formula is C19H24N4O2S. The average Bonchev–Trinajstić information content (AvgIpc) is 2.68. The van der Waals surface area contributed by atoms with Crippen LogP contribution < -0.4 is 4.90 Å². The lowest BCUT2D eigenvalue weighted by molar-refractivity contribution is 0.310. The number of hydrogen-bond acceptors (Lipinski definition) is 6. The maximum atomic E-state index is 13.3. The van der Waals surface area contributed by atoms with Gasteiger partial charge in [0.05, 0.1) is 10.6 Å². The minimum absolute atomic E-state index is 0.210. The molecule has 0 bridgehead atoms. The fourth-order valence-corrected chi connectivity index (χ4v) is 5.11. The Hall–Kier alpha value is -1.99. The smallest absolute Gasteiger partial charge is 0.226 e. The molecule has 0 N–H and O–H groups in total. The molecule has 1 aliphatic carbocycles. The molecule has 4 rings (SSSR count). The van der Waals surface area contributed by atoms with E-state index in [4.69, 9.17) is 4.98 Å². The van der Waals surface area contributed by atoms with Crippen molar-refractivity contribution in [3.8, 4) is 0 Å². The van der Waals surface area contributed by atoms with Crippen LogP contribution >= 0.6 is 0 Å². The number of anilines is 1. The molecule has 2 aromatic rings. The maximum Gasteiger partial charge on any atom is 0.226 e. The van der Waals surface area contributed by atoms with Crippen molar-refractivity contribution >= 4 is 15.8 Å². The molecule has 1 fully saturated rings. The van der Waals surface area contributed by atoms with E-state index >= 15 is 0 Å². The summed E-state index contributed by atoms with van der Waals surface area (Å²) in [6, 6.07) is 8.61. The Kier molecular flexibility index (Phi) is 4.67. The van der Waals surface area contributed by atoms with Gasteiger partial charge in [0.25, 0.3) is 0 Å². The Morgan fingerprint density at radius 2 is 1.62 bits per heavy atom. The van der Waals surface area contributed by atoms with Crippen molar-refractivity contribution in [1.82, 2.24) is 14.9 Å². The van der Waals surface area contributed by atoms with Gasteiger partial charge < -0.3 is 9.80 Å². The van der Waals surface area contributed by atoms with Crippen molar-refractivity contribution in [3.63, 3.8) is 0 Å². The highest BCUT2D eigenvalue weighted by Gasteiger charge is 2.29. The standard InChI is InChI=1S/C19H24N4O2S/c1-22-11-13-23(14-12-22)19-20-17-10-6-5-9-16(17)18(21-19)26(24,25)15-7-3-2-4-8-15/h2-4,7-8H,5-6,9-14H2,1H3. The summed E-state index contributed by atoms with van der Waals surface area (Å²) in [5.41, 5.74) is 1.73. The van der Waals surface area contributed by atoms with Crippen LogP contribution in [0.2, 0.25) is 0 Å². The summed E-state index contributed by atoms with van der Waals surface area (Å²) in [5.74, 6) is 0.563. The third-order valence-corrected chi connectivity index (χ3v) is 6.97. The molecular weight excluding hydrogens is 348 g/mol. The van der Waals surface area contributed by atoms with Crippen LogP contribution in [-0.2, 0) is 22.7 Å². The molecule has 0 unspecified atom stereocenters. The van der Waals surface area contributed by atoms with Crippen LogP contribution in [0.1, 0.15) is 24.1 Å². The predicted octanol–water partition coefficient (Wildman–Crippen LogP) is 1.94. The van der Waals surface area contributed by atoms with Crippen LogP contribution in [0.25, 0.3) is 0 Å². The van der Waals surface area contributed by atoms with Crippen LogP contribution in [0, 0.1) is 0 Å². The first-order valence-electron chi connectivity index (χ1n) is 9.19. The van der Waals surface area contributed by atoms with E-state index in [1.165, 1.54) is 0 Å². The second-order valence-electron chi connectivity index (χ2n) is 7.07. The summed E-state index contributed by atoms with van der Waals surface area (Å²) in [6.07, 6.45) is 3.61. The number of likely N-dealkylation sites (N-methyl/N-ethyl adjacent to an activating group) is 1. The number of aromatic nitrogens is 2. The second kappa shape index (κ2) is 6.96. The molecule has 1 aromatic carbocycles. The normalized spacial score (nSPS) is 18.6. The molecule has 2 heterocycles. The maximum absolute atomic E-state index is 13.3. The van der Waals surface area contributed by atoms with Gasteiger partial charge in [0.15, 0.2) is 5.03 Å². The van der Waals surface area contributed by atoms with Crippen LogP contribution in [0.4, 0.5) is 5.95 Å². The van der Waals surface area contributed by atoms with Crippen LogP contribution in [0.3, 0.4) is 0 Å². The summed E-state index contributed by atoms with van der Waals surface area (Å²) in [4.78, 5) is 14.0. The van der Waals surface area contributed by atoms with Crippen molar-refractivity contribution in [3.05, 3.63) is 41.6 Å². The third kappa shape index (κ3) is 3.21. The number of rotatable bonds is 3. The lowest BCUT2D eigenvalue weighted by atomic mass is 9.97. The topological polar surface area (TPSA) is 66.4 Å². The molecule has 0 radical (unpaired) electrons. The summed E-state index contributed by atoms with van der Waals surface area (Å²) < 4.78 is 26.6. The lowest BCUT2D eigenvalue weighted by Gasteiger charge is -2.33. The van der Waals surface area contributed by atoms with Crippen LogP contribution in [0.15, 0.2) is 40.3 Å². The van der Waals surface area contributed by atoms with Gasteiger partial charge in [-0.2, -0.15) is 0 Å². The molecule has 138 valence electrons. The number of nitrogens with zero attached hydrogens (tertiary/aromatic N) is 4. The molecule has 26 heavy (non-hydrogen) atoms. The number of aryl methyl sites for hydroxylation is 1. The number of benzene rings is 1. The minimum Gasteiger partial charge on any atom is -0.338 e. The summed E-state index contributed by atoms with van der Waals surface area (Å²) >= 11 is 0. The number of hydrogen-bond donors (Lipinski definition) is 0. The van der Waals surface area contributed by atoms with Crippen molar-refractivity contribution in [1.29, 1.82) is 0 Å². The minimum atomic E-state index is -3.64. The second-order valence-corrected chi connectivity index (χ2v) is 8.93. The van der Waals surface area contributed by atoms with E-state index < -0.39 is 9.84 Å². The van der Waals surface area contributed by atoms with E-state index in [0.29, 0.717) is 10.8 Å². The highest BCUT2D eigenvalue weighted by Crippen LogP contribution is 2.31. The molecule has 1 saturated heterocycles. The van der Waals surface area contributed by atoms with Gasteiger partial charge in [0.1, 0.15) is 0 Å². The van der Waals surface area contributed by atoms with E-state index in [0.717, 1.165) is 63.1 Å². The lowest BCUT2D eigenvalue weighted by Crippen LogP contribution is -2.45. The third-order valence-electron chi connectivity index (χ3n) is 5.23. The first-order valence-corrected chi connectivity index (χ1v) is 10.7. The van der Waals surface area contributed by atoms with E-state index in [9.17, 15) is 8.42 Å². The Morgan fingerprint density at radius 3 is 2.35 bits per heavy atom. The molecule has 2 aliphatic rings. The summed E-state index contributed by atoms with van der Waals surface area (Å²) in [7, 11) is -1.55. The zero-order valence-corrected chi connectivity index (χ0v) is 15.9. The number of fused-ring (bicyclic) bond motifs is 1. The highest BCUT2D eigenvalue weighted by atomic mass is 32.2. The quantitative estimate of drug-likeness (QED) is 0.767. The number of sulfone groups is 1. The summed E-state index contributed by atoms with van der Waals surface area (Å²) in [5, 5.41) is 0.210. The van der Waals surface area contributed by atoms with Gasteiger partial charge in [0, 0.05) is 31.7 Å². The SMILES string of the molecule is CN1CCN(c2nc3c(c(S(=O)(=O)c4ccccc4)n2)CCCC3)CC1. The highest BCUT2D eigenvalue weighted by molar-refractivity contribution is 7.91. The Bertz CT molecular complexity index is 891. The fourth-order valence-electron chi connectivity index (χ4n) is 3.63. The molecule has 7 heteroatoms. The largest absolute Gasteiger partial charge is 0.338 e. The van der Waals surface area contributed by atoms with Gasteiger partial charge in [-0.1, -0.05) is 18.2 Å². The van der Waals surface area contributed by atoms with E-state index in [-0.39, 0.29) is 5.03 Å². The van der Waals surface area contributed by atoms with Gasteiger partial charge >= 0.3 is 0 Å². The molecule has 0 saturated carbocycles. The molecule has 6 nitrogen and oxygen atoms in total. The molecule has 0 atom stereocenters. The first-order chi connectivity index (χ1) is 12.6. The number of piperazine rings is 1. The summed E-state index contributed by atoms with van der Waals surface area (Å²) in [6.45, 7) is 3.50. The zero-order valence-electron chi connectivity index (χ0n) is 15.1. The van der Waals surface area contributed by atoms with E-state index in [2.05, 4.69) is 21.8 Å². The van der Waals surface area contributed by atoms with Crippen LogP contribution in [0.5, 0.6) is 0 Å². The van der Waals surface area contributed by atoms with Crippen molar-refractivity contribution in [2.45, 2.75) is 35.6 Å². The van der Waals surface area contributed by atoms with Crippen molar-refractivity contribution in [2.24, 2.45) is 0 Å². The molecule has 0 spiro atoms. The predicted molar refractivity (Wildman–Crippen MR) is 100 cm³/mol. The Labute approximate surface area is 154 Å². The molecule has 1 aromatic heterocycles. The zero-order chi connectivity index (χ0) is 18.1. The monoisotopic (exact) mass is 372 g/mol. The Morgan fingerprint density at radius 1 is 0.923 bits per heavy atom. The molecule has 1 aliphatic heterocycles. The van der Waals surface area contributed by atoms with Crippen molar-refractivity contribution < 1.29 is 8.42 Å². The van der Waals surface area contributed by atoms with Gasteiger partial charge in [-0.05, 0) is 44.9 Å². The van der Waals surface area contributed by atoms with Crippen molar-refractivity contribution in [2.75, 3.05) is 38.1 Å². The fraction of sp³-hybridized carbons (Fsp3) is 0.474. The van der Waals surface area contributed by atoms with Gasteiger partial charge in [-0.25, -0.2) is 18.4 Å². The van der Waals surface area contributed by atoms with Gasteiger partial charge in [0.2, 0.25) is 15.8 Å². The van der Waals surface area contributed by atoms with Gasteiger partial charge in [-0.15, -0.1) is 0 Å². The Balaban J connectivity index is 1.81.